The predicted octanol–water partition coefficient (Wildman–Crippen LogP) is 3.66. The fourth-order valence-electron chi connectivity index (χ4n) is 2.97. The quantitative estimate of drug-likeness (QED) is 0.765. The molecule has 1 amide bonds. The SMILES string of the molecule is CCOC(=O)C1=C(C)N=C2SC(CC)C(=O)N2C1c1sccc1C. The summed E-state index contributed by atoms with van der Waals surface area (Å²) in [7, 11) is 0. The van der Waals surface area contributed by atoms with Gasteiger partial charge in [-0.1, -0.05) is 18.7 Å². The van der Waals surface area contributed by atoms with E-state index in [0.717, 1.165) is 16.9 Å². The molecule has 1 fully saturated rings. The summed E-state index contributed by atoms with van der Waals surface area (Å²) in [4.78, 5) is 32.7. The largest absolute Gasteiger partial charge is 0.463 e. The summed E-state index contributed by atoms with van der Waals surface area (Å²) in [6, 6.07) is 1.57. The molecule has 1 aromatic heterocycles. The van der Waals surface area contributed by atoms with Gasteiger partial charge < -0.3 is 4.74 Å². The monoisotopic (exact) mass is 364 g/mol. The third-order valence-electron chi connectivity index (χ3n) is 4.17. The van der Waals surface area contributed by atoms with E-state index in [1.165, 1.54) is 11.8 Å². The van der Waals surface area contributed by atoms with Crippen molar-refractivity contribution in [1.82, 2.24) is 4.90 Å². The first-order valence-corrected chi connectivity index (χ1v) is 9.75. The van der Waals surface area contributed by atoms with Crippen molar-refractivity contribution in [2.75, 3.05) is 6.61 Å². The molecular formula is C17H20N2O3S2. The number of fused-ring (bicyclic) bond motifs is 1. The van der Waals surface area contributed by atoms with Crippen molar-refractivity contribution in [2.45, 2.75) is 45.4 Å². The molecule has 0 N–H and O–H groups in total. The molecule has 128 valence electrons. The summed E-state index contributed by atoms with van der Waals surface area (Å²) in [5.41, 5.74) is 2.17. The normalized spacial score (nSPS) is 23.4. The molecule has 2 atom stereocenters. The maximum atomic E-state index is 12.9. The highest BCUT2D eigenvalue weighted by Gasteiger charge is 2.47. The lowest BCUT2D eigenvalue weighted by Gasteiger charge is -2.32. The number of carbonyl (C=O) groups excluding carboxylic acids is 2. The van der Waals surface area contributed by atoms with Crippen LogP contribution >= 0.6 is 23.1 Å². The Morgan fingerprint density at radius 2 is 2.12 bits per heavy atom. The summed E-state index contributed by atoms with van der Waals surface area (Å²) in [6.07, 6.45) is 0.739. The maximum Gasteiger partial charge on any atom is 0.338 e. The summed E-state index contributed by atoms with van der Waals surface area (Å²) in [5, 5.41) is 2.54. The van der Waals surface area contributed by atoms with E-state index in [2.05, 4.69) is 4.99 Å². The number of ether oxygens (including phenoxy) is 1. The smallest absolute Gasteiger partial charge is 0.338 e. The van der Waals surface area contributed by atoms with Crippen molar-refractivity contribution in [1.29, 1.82) is 0 Å². The van der Waals surface area contributed by atoms with Gasteiger partial charge in [-0.3, -0.25) is 9.69 Å². The zero-order chi connectivity index (χ0) is 17.4. The number of allylic oxidation sites excluding steroid dienone is 1. The predicted molar refractivity (Wildman–Crippen MR) is 97.1 cm³/mol. The Bertz CT molecular complexity index is 751. The number of thiophene rings is 1. The molecule has 0 radical (unpaired) electrons. The van der Waals surface area contributed by atoms with Crippen molar-refractivity contribution >= 4 is 40.1 Å². The summed E-state index contributed by atoms with van der Waals surface area (Å²) >= 11 is 3.04. The van der Waals surface area contributed by atoms with E-state index in [1.54, 1.807) is 23.2 Å². The molecule has 0 aliphatic carbocycles. The number of esters is 1. The van der Waals surface area contributed by atoms with Gasteiger partial charge in [-0.25, -0.2) is 9.79 Å². The molecule has 2 unspecified atom stereocenters. The summed E-state index contributed by atoms with van der Waals surface area (Å²) in [6.45, 7) is 7.88. The van der Waals surface area contributed by atoms with Crippen LogP contribution in [0.2, 0.25) is 0 Å². The molecule has 0 aromatic carbocycles. The minimum atomic E-state index is -0.437. The Morgan fingerprint density at radius 1 is 1.38 bits per heavy atom. The molecule has 5 nitrogen and oxygen atoms in total. The third kappa shape index (κ3) is 2.69. The fourth-order valence-corrected chi connectivity index (χ4v) is 5.13. The first-order valence-electron chi connectivity index (χ1n) is 7.99. The lowest BCUT2D eigenvalue weighted by molar-refractivity contribution is -0.139. The lowest BCUT2D eigenvalue weighted by Crippen LogP contribution is -2.40. The van der Waals surface area contributed by atoms with Crippen molar-refractivity contribution < 1.29 is 14.3 Å². The van der Waals surface area contributed by atoms with Crippen LogP contribution in [0, 0.1) is 6.92 Å². The van der Waals surface area contributed by atoms with E-state index in [9.17, 15) is 9.59 Å². The van der Waals surface area contributed by atoms with Gasteiger partial charge in [0.15, 0.2) is 5.17 Å². The van der Waals surface area contributed by atoms with Crippen LogP contribution in [-0.2, 0) is 14.3 Å². The number of hydrogen-bond acceptors (Lipinski definition) is 6. The van der Waals surface area contributed by atoms with Gasteiger partial charge in [-0.2, -0.15) is 0 Å². The molecular weight excluding hydrogens is 344 g/mol. The van der Waals surface area contributed by atoms with Crippen LogP contribution in [0.1, 0.15) is 43.7 Å². The van der Waals surface area contributed by atoms with Crippen molar-refractivity contribution in [3.63, 3.8) is 0 Å². The van der Waals surface area contributed by atoms with E-state index in [1.807, 2.05) is 32.2 Å². The van der Waals surface area contributed by atoms with E-state index in [4.69, 9.17) is 4.74 Å². The highest BCUT2D eigenvalue weighted by atomic mass is 32.2. The van der Waals surface area contributed by atoms with E-state index >= 15 is 0 Å². The van der Waals surface area contributed by atoms with Crippen LogP contribution in [0.25, 0.3) is 0 Å². The number of aryl methyl sites for hydroxylation is 1. The van der Waals surface area contributed by atoms with Crippen LogP contribution in [0.3, 0.4) is 0 Å². The first-order chi connectivity index (χ1) is 11.5. The van der Waals surface area contributed by atoms with Gasteiger partial charge in [-0.15, -0.1) is 11.3 Å². The van der Waals surface area contributed by atoms with Gasteiger partial charge in [0.05, 0.1) is 23.1 Å². The second kappa shape index (κ2) is 6.72. The number of amides is 1. The van der Waals surface area contributed by atoms with Crippen LogP contribution in [0.15, 0.2) is 27.7 Å². The van der Waals surface area contributed by atoms with Gasteiger partial charge in [-0.05, 0) is 44.2 Å². The van der Waals surface area contributed by atoms with E-state index in [0.29, 0.717) is 23.0 Å². The topological polar surface area (TPSA) is 59.0 Å². The third-order valence-corrected chi connectivity index (χ3v) is 6.56. The fraction of sp³-hybridized carbons (Fsp3) is 0.471. The zero-order valence-electron chi connectivity index (χ0n) is 14.2. The lowest BCUT2D eigenvalue weighted by atomic mass is 9.98. The summed E-state index contributed by atoms with van der Waals surface area (Å²) < 4.78 is 5.25. The van der Waals surface area contributed by atoms with Gasteiger partial charge >= 0.3 is 5.97 Å². The molecule has 1 saturated heterocycles. The Morgan fingerprint density at radius 3 is 2.71 bits per heavy atom. The Balaban J connectivity index is 2.14. The Hall–Kier alpha value is -1.60. The van der Waals surface area contributed by atoms with Crippen LogP contribution in [0.4, 0.5) is 0 Å². The zero-order valence-corrected chi connectivity index (χ0v) is 15.8. The Kier molecular flexibility index (Phi) is 4.83. The summed E-state index contributed by atoms with van der Waals surface area (Å²) in [5.74, 6) is -0.373. The van der Waals surface area contributed by atoms with Crippen LogP contribution in [0.5, 0.6) is 0 Å². The number of thioether (sulfide) groups is 1. The molecule has 24 heavy (non-hydrogen) atoms. The molecule has 0 bridgehead atoms. The highest BCUT2D eigenvalue weighted by molar-refractivity contribution is 8.15. The molecule has 0 saturated carbocycles. The number of hydrogen-bond donors (Lipinski definition) is 0. The maximum absolute atomic E-state index is 12.9. The standard InChI is InChI=1S/C17H20N2O3S2/c1-5-11-15(20)19-13(14-9(3)7-8-23-14)12(16(21)22-6-2)10(4)18-17(19)24-11/h7-8,11,13H,5-6H2,1-4H3. The minimum Gasteiger partial charge on any atom is -0.463 e. The number of nitrogens with zero attached hydrogens (tertiary/aromatic N) is 2. The number of carbonyl (C=O) groups is 2. The van der Waals surface area contributed by atoms with E-state index < -0.39 is 12.0 Å². The van der Waals surface area contributed by atoms with Crippen molar-refractivity contribution in [3.05, 3.63) is 33.2 Å². The average Bonchev–Trinajstić information content (AvgIpc) is 3.09. The van der Waals surface area contributed by atoms with E-state index in [-0.39, 0.29) is 11.2 Å². The second-order valence-electron chi connectivity index (χ2n) is 5.71. The molecule has 3 heterocycles. The van der Waals surface area contributed by atoms with Crippen molar-refractivity contribution in [2.24, 2.45) is 4.99 Å². The number of aliphatic imine (C=N–C) groups is 1. The van der Waals surface area contributed by atoms with Gasteiger partial charge in [0.2, 0.25) is 5.91 Å². The van der Waals surface area contributed by atoms with Crippen LogP contribution in [-0.4, -0.2) is 33.8 Å². The van der Waals surface area contributed by atoms with Crippen LogP contribution < -0.4 is 0 Å². The average molecular weight is 364 g/mol. The molecule has 0 spiro atoms. The molecule has 1 aromatic rings. The molecule has 3 rings (SSSR count). The minimum absolute atomic E-state index is 0.0216. The number of rotatable bonds is 4. The molecule has 2 aliphatic heterocycles. The number of amidine groups is 1. The Labute approximate surface area is 149 Å². The molecule has 2 aliphatic rings. The van der Waals surface area contributed by atoms with Gasteiger partial charge in [0, 0.05) is 4.88 Å². The first kappa shape index (κ1) is 17.2. The highest BCUT2D eigenvalue weighted by Crippen LogP contribution is 2.45. The molecule has 7 heteroatoms. The van der Waals surface area contributed by atoms with Gasteiger partial charge in [0.25, 0.3) is 0 Å². The van der Waals surface area contributed by atoms with Crippen molar-refractivity contribution in [3.8, 4) is 0 Å². The second-order valence-corrected chi connectivity index (χ2v) is 7.82. The van der Waals surface area contributed by atoms with Gasteiger partial charge in [0.1, 0.15) is 6.04 Å².